The molecule has 0 saturated carbocycles. The van der Waals surface area contributed by atoms with E-state index < -0.39 is 17.6 Å². The van der Waals surface area contributed by atoms with E-state index in [-0.39, 0.29) is 24.7 Å². The number of para-hydroxylation sites is 3. The smallest absolute Gasteiger partial charge is 0.418 e. The summed E-state index contributed by atoms with van der Waals surface area (Å²) >= 11 is 0. The first-order valence-electron chi connectivity index (χ1n) is 8.97. The van der Waals surface area contributed by atoms with Crippen molar-refractivity contribution >= 4 is 23.2 Å². The van der Waals surface area contributed by atoms with Crippen LogP contribution in [0.5, 0.6) is 5.75 Å². The van der Waals surface area contributed by atoms with Crippen LogP contribution in [-0.2, 0) is 15.8 Å². The molecule has 0 aromatic heterocycles. The highest BCUT2D eigenvalue weighted by atomic mass is 19.4. The van der Waals surface area contributed by atoms with E-state index in [9.17, 15) is 22.8 Å². The Morgan fingerprint density at radius 2 is 1.45 bits per heavy atom. The van der Waals surface area contributed by atoms with E-state index in [0.717, 1.165) is 6.07 Å². The predicted molar refractivity (Wildman–Crippen MR) is 103 cm³/mol. The molecule has 6 nitrogen and oxygen atoms in total. The maximum atomic E-state index is 13.0. The third-order valence-corrected chi connectivity index (χ3v) is 4.21. The number of nitrogens with one attached hydrogen (secondary N) is 3. The molecule has 2 aromatic rings. The number of hydrogen-bond acceptors (Lipinski definition) is 3. The Labute approximate surface area is 166 Å². The summed E-state index contributed by atoms with van der Waals surface area (Å²) in [6.07, 6.45) is -4.57. The first-order chi connectivity index (χ1) is 13.7. The van der Waals surface area contributed by atoms with Gasteiger partial charge >= 0.3 is 6.18 Å². The zero-order valence-corrected chi connectivity index (χ0v) is 16.1. The van der Waals surface area contributed by atoms with Crippen molar-refractivity contribution in [1.82, 2.24) is 0 Å². The van der Waals surface area contributed by atoms with Crippen molar-refractivity contribution in [2.45, 2.75) is 13.1 Å². The van der Waals surface area contributed by atoms with Gasteiger partial charge in [0.1, 0.15) is 5.75 Å². The van der Waals surface area contributed by atoms with Crippen LogP contribution in [-0.4, -0.2) is 38.6 Å². The van der Waals surface area contributed by atoms with E-state index in [1.807, 2.05) is 0 Å². The molecule has 1 atom stereocenters. The van der Waals surface area contributed by atoms with Crippen LogP contribution < -0.4 is 20.3 Å². The van der Waals surface area contributed by atoms with Crippen molar-refractivity contribution in [3.63, 3.8) is 0 Å². The highest BCUT2D eigenvalue weighted by molar-refractivity contribution is 5.94. The second-order valence-electron chi connectivity index (χ2n) is 6.30. The number of ether oxygens (including phenoxy) is 1. The van der Waals surface area contributed by atoms with Gasteiger partial charge < -0.3 is 20.3 Å². The van der Waals surface area contributed by atoms with Crippen LogP contribution in [0.4, 0.5) is 24.5 Å². The first-order valence-corrected chi connectivity index (χ1v) is 8.97. The van der Waals surface area contributed by atoms with E-state index in [2.05, 4.69) is 10.6 Å². The lowest BCUT2D eigenvalue weighted by molar-refractivity contribution is -0.881. The van der Waals surface area contributed by atoms with Gasteiger partial charge in [0.15, 0.2) is 13.1 Å². The summed E-state index contributed by atoms with van der Waals surface area (Å²) in [7, 11) is 1.48. The lowest BCUT2D eigenvalue weighted by atomic mass is 10.1. The molecule has 0 saturated heterocycles. The minimum atomic E-state index is -4.57. The van der Waals surface area contributed by atoms with Crippen molar-refractivity contribution in [2.24, 2.45) is 0 Å². The molecule has 0 aliphatic rings. The molecule has 1 unspecified atom stereocenters. The lowest BCUT2D eigenvalue weighted by Crippen LogP contribution is -3.13. The second-order valence-corrected chi connectivity index (χ2v) is 6.30. The number of carbonyl (C=O) groups is 2. The molecule has 0 aliphatic carbocycles. The predicted octanol–water partition coefficient (Wildman–Crippen LogP) is 2.20. The van der Waals surface area contributed by atoms with Gasteiger partial charge in [-0.05, 0) is 31.2 Å². The maximum Gasteiger partial charge on any atom is 0.418 e. The number of amides is 2. The molecule has 0 spiro atoms. The number of likely N-dealkylation sites (N-methyl/N-ethyl adjacent to an activating group) is 1. The summed E-state index contributed by atoms with van der Waals surface area (Å²) in [5.74, 6) is -0.445. The van der Waals surface area contributed by atoms with Crippen molar-refractivity contribution in [3.8, 4) is 5.75 Å². The van der Waals surface area contributed by atoms with E-state index in [4.69, 9.17) is 4.74 Å². The van der Waals surface area contributed by atoms with Crippen molar-refractivity contribution < 1.29 is 32.4 Å². The SMILES string of the molecule is CC[NH+](CC(=O)Nc1ccccc1OC)CC(=O)Nc1ccccc1C(F)(F)F. The average Bonchev–Trinajstić information content (AvgIpc) is 2.67. The van der Waals surface area contributed by atoms with Crippen LogP contribution in [0.2, 0.25) is 0 Å². The minimum Gasteiger partial charge on any atom is -0.495 e. The zero-order valence-electron chi connectivity index (χ0n) is 16.1. The number of methoxy groups -OCH3 is 1. The Morgan fingerprint density at radius 1 is 0.931 bits per heavy atom. The standard InChI is InChI=1S/C20H22F3N3O3/c1-3-26(13-19(28)25-16-10-6-7-11-17(16)29-2)12-18(27)24-15-9-5-4-8-14(15)20(21,22)23/h4-11H,3,12-13H2,1-2H3,(H,24,27)(H,25,28)/p+1. The van der Waals surface area contributed by atoms with Crippen molar-refractivity contribution in [2.75, 3.05) is 37.4 Å². The third kappa shape index (κ3) is 6.49. The Kier molecular flexibility index (Phi) is 7.60. The van der Waals surface area contributed by atoms with Gasteiger partial charge in [-0.15, -0.1) is 0 Å². The molecule has 0 bridgehead atoms. The molecule has 9 heteroatoms. The average molecular weight is 410 g/mol. The highest BCUT2D eigenvalue weighted by Crippen LogP contribution is 2.34. The first kappa shape index (κ1) is 22.2. The second kappa shape index (κ2) is 9.92. The minimum absolute atomic E-state index is 0.0249. The van der Waals surface area contributed by atoms with Gasteiger partial charge in [0.2, 0.25) is 0 Å². The van der Waals surface area contributed by atoms with Crippen LogP contribution in [0.25, 0.3) is 0 Å². The number of anilines is 2. The number of quaternary nitrogens is 1. The summed E-state index contributed by atoms with van der Waals surface area (Å²) in [5.41, 5.74) is -0.724. The number of carbonyl (C=O) groups excluding carboxylic acids is 2. The fourth-order valence-corrected chi connectivity index (χ4v) is 2.74. The Morgan fingerprint density at radius 3 is 2.00 bits per heavy atom. The van der Waals surface area contributed by atoms with E-state index in [1.54, 1.807) is 31.2 Å². The number of benzene rings is 2. The van der Waals surface area contributed by atoms with Crippen LogP contribution in [0, 0.1) is 0 Å². The molecule has 0 aliphatic heterocycles. The quantitative estimate of drug-likeness (QED) is 0.625. The molecule has 2 aromatic carbocycles. The summed E-state index contributed by atoms with van der Waals surface area (Å²) in [5, 5.41) is 5.00. The Bertz CT molecular complexity index is 856. The van der Waals surface area contributed by atoms with Gasteiger partial charge in [-0.25, -0.2) is 0 Å². The normalized spacial score (nSPS) is 12.2. The molecule has 156 valence electrons. The molecule has 0 radical (unpaired) electrons. The zero-order chi connectivity index (χ0) is 21.4. The summed E-state index contributed by atoms with van der Waals surface area (Å²) in [6, 6.07) is 11.7. The molecule has 0 heterocycles. The van der Waals surface area contributed by atoms with Gasteiger partial charge in [0.05, 0.1) is 30.6 Å². The lowest BCUT2D eigenvalue weighted by Gasteiger charge is -2.18. The van der Waals surface area contributed by atoms with Crippen LogP contribution >= 0.6 is 0 Å². The van der Waals surface area contributed by atoms with Crippen LogP contribution in [0.1, 0.15) is 12.5 Å². The third-order valence-electron chi connectivity index (χ3n) is 4.21. The molecule has 2 amide bonds. The molecule has 2 rings (SSSR count). The molecule has 29 heavy (non-hydrogen) atoms. The highest BCUT2D eigenvalue weighted by Gasteiger charge is 2.33. The fraction of sp³-hybridized carbons (Fsp3) is 0.300. The van der Waals surface area contributed by atoms with Gasteiger partial charge in [0, 0.05) is 0 Å². The van der Waals surface area contributed by atoms with Gasteiger partial charge in [0.25, 0.3) is 11.8 Å². The maximum absolute atomic E-state index is 13.0. The summed E-state index contributed by atoms with van der Waals surface area (Å²) in [6.45, 7) is 2.04. The Balaban J connectivity index is 1.98. The Hall–Kier alpha value is -3.07. The van der Waals surface area contributed by atoms with Gasteiger partial charge in [-0.3, -0.25) is 9.59 Å². The van der Waals surface area contributed by atoms with E-state index in [1.165, 1.54) is 25.3 Å². The van der Waals surface area contributed by atoms with Gasteiger partial charge in [-0.1, -0.05) is 24.3 Å². The molecule has 0 fully saturated rings. The van der Waals surface area contributed by atoms with E-state index in [0.29, 0.717) is 22.9 Å². The largest absolute Gasteiger partial charge is 0.495 e. The van der Waals surface area contributed by atoms with E-state index >= 15 is 0 Å². The fourth-order valence-electron chi connectivity index (χ4n) is 2.74. The topological polar surface area (TPSA) is 71.9 Å². The van der Waals surface area contributed by atoms with Crippen LogP contribution in [0.15, 0.2) is 48.5 Å². The molecular formula is C20H23F3N3O3+. The molecule has 3 N–H and O–H groups in total. The van der Waals surface area contributed by atoms with Crippen molar-refractivity contribution in [1.29, 1.82) is 0 Å². The van der Waals surface area contributed by atoms with Crippen molar-refractivity contribution in [3.05, 3.63) is 54.1 Å². The van der Waals surface area contributed by atoms with Gasteiger partial charge in [-0.2, -0.15) is 13.2 Å². The summed E-state index contributed by atoms with van der Waals surface area (Å²) < 4.78 is 44.3. The number of hydrogen-bond donors (Lipinski definition) is 3. The number of rotatable bonds is 8. The van der Waals surface area contributed by atoms with Crippen LogP contribution in [0.3, 0.4) is 0 Å². The molecular weight excluding hydrogens is 387 g/mol. The number of halogens is 3. The summed E-state index contributed by atoms with van der Waals surface area (Å²) in [4.78, 5) is 25.2. The monoisotopic (exact) mass is 410 g/mol. The number of alkyl halides is 3.